The molecule has 2 nitrogen and oxygen atoms in total. The van der Waals surface area contributed by atoms with Crippen molar-refractivity contribution in [3.63, 3.8) is 0 Å². The van der Waals surface area contributed by atoms with Crippen LogP contribution >= 0.6 is 15.9 Å². The van der Waals surface area contributed by atoms with Gasteiger partial charge in [-0.25, -0.2) is 0 Å². The van der Waals surface area contributed by atoms with Crippen LogP contribution < -0.4 is 0 Å². The van der Waals surface area contributed by atoms with Crippen molar-refractivity contribution in [2.75, 3.05) is 0 Å². The van der Waals surface area contributed by atoms with Gasteiger partial charge in [-0.15, -0.1) is 0 Å². The van der Waals surface area contributed by atoms with Crippen molar-refractivity contribution in [2.24, 2.45) is 0 Å². The molecular weight excluding hydrogens is 184 g/mol. The smallest absolute Gasteiger partial charge is 0.327 e. The van der Waals surface area contributed by atoms with Crippen LogP contribution in [-0.2, 0) is 9.53 Å². The van der Waals surface area contributed by atoms with Crippen LogP contribution in [0.2, 0.25) is 0 Å². The Morgan fingerprint density at radius 1 is 1.56 bits per heavy atom. The molecule has 0 heterocycles. The van der Waals surface area contributed by atoms with Crippen molar-refractivity contribution < 1.29 is 9.53 Å². The second-order valence-corrected chi connectivity index (χ2v) is 2.99. The van der Waals surface area contributed by atoms with Crippen LogP contribution in [0.4, 0.5) is 0 Å². The minimum atomic E-state index is -0.470. The first-order valence-corrected chi connectivity index (χ1v) is 3.34. The van der Waals surface area contributed by atoms with Crippen LogP contribution in [0.1, 0.15) is 20.8 Å². The minimum absolute atomic E-state index is 0.419. The predicted octanol–water partition coefficient (Wildman–Crippen LogP) is 1.76. The van der Waals surface area contributed by atoms with Crippen molar-refractivity contribution in [2.45, 2.75) is 26.4 Å². The molecule has 0 atom stereocenters. The molecular formula is C6H9BrO2. The van der Waals surface area contributed by atoms with Gasteiger partial charge < -0.3 is 4.74 Å². The molecule has 0 aromatic carbocycles. The first kappa shape index (κ1) is 8.95. The van der Waals surface area contributed by atoms with Gasteiger partial charge in [-0.05, 0) is 20.8 Å². The van der Waals surface area contributed by atoms with E-state index in [1.54, 1.807) is 20.8 Å². The summed E-state index contributed by atoms with van der Waals surface area (Å²) in [5.41, 5.74) is -0.419. The molecule has 0 saturated carbocycles. The molecule has 3 heteroatoms. The summed E-state index contributed by atoms with van der Waals surface area (Å²) >= 11 is 2.74. The molecule has 0 aliphatic heterocycles. The largest absolute Gasteiger partial charge is 0.459 e. The number of rotatable bonds is 1. The number of hydrogen-bond acceptors (Lipinski definition) is 2. The van der Waals surface area contributed by atoms with Crippen molar-refractivity contribution in [1.29, 1.82) is 0 Å². The van der Waals surface area contributed by atoms with Gasteiger partial charge in [-0.3, -0.25) is 4.79 Å². The van der Waals surface area contributed by atoms with Gasteiger partial charge in [0.15, 0.2) is 5.33 Å². The Bertz CT molecular complexity index is 104. The lowest BCUT2D eigenvalue weighted by atomic mass is 10.2. The van der Waals surface area contributed by atoms with Crippen LogP contribution in [0, 0.1) is 5.33 Å². The summed E-state index contributed by atoms with van der Waals surface area (Å²) in [6, 6.07) is 0. The maximum absolute atomic E-state index is 10.4. The monoisotopic (exact) mass is 192 g/mol. The van der Waals surface area contributed by atoms with Crippen molar-refractivity contribution in [1.82, 2.24) is 0 Å². The maximum atomic E-state index is 10.4. The molecule has 0 aromatic heterocycles. The summed E-state index contributed by atoms with van der Waals surface area (Å²) in [6.07, 6.45) is 0. The standard InChI is InChI=1S/C6H9BrO2/c1-6(2,3)9-5(8)4-7/h1-3H3. The average Bonchev–Trinajstić information content (AvgIpc) is 1.62. The number of halogens is 1. The lowest BCUT2D eigenvalue weighted by molar-refractivity contribution is -0.149. The lowest BCUT2D eigenvalue weighted by Gasteiger charge is -2.17. The van der Waals surface area contributed by atoms with E-state index >= 15 is 0 Å². The molecule has 0 aromatic rings. The first-order chi connectivity index (χ1) is 3.95. The highest BCUT2D eigenvalue weighted by Gasteiger charge is 2.14. The van der Waals surface area contributed by atoms with E-state index in [-0.39, 0.29) is 0 Å². The molecule has 0 unspecified atom stereocenters. The topological polar surface area (TPSA) is 26.3 Å². The SMILES string of the molecule is CC(C)(C)OC(=O)[C]Br. The summed E-state index contributed by atoms with van der Waals surface area (Å²) in [5.74, 6) is -0.470. The van der Waals surface area contributed by atoms with Crippen LogP contribution in [0.3, 0.4) is 0 Å². The highest BCUT2D eigenvalue weighted by Crippen LogP contribution is 2.08. The molecule has 0 rings (SSSR count). The van der Waals surface area contributed by atoms with Crippen molar-refractivity contribution in [3.05, 3.63) is 5.33 Å². The van der Waals surface area contributed by atoms with E-state index in [1.165, 1.54) is 0 Å². The summed E-state index contributed by atoms with van der Waals surface area (Å²) < 4.78 is 4.79. The average molecular weight is 193 g/mol. The number of ether oxygens (including phenoxy) is 1. The van der Waals surface area contributed by atoms with E-state index in [0.717, 1.165) is 0 Å². The number of hydrogen-bond donors (Lipinski definition) is 0. The van der Waals surface area contributed by atoms with E-state index in [2.05, 4.69) is 21.3 Å². The number of carbonyl (C=O) groups excluding carboxylic acids is 1. The maximum Gasteiger partial charge on any atom is 0.327 e. The quantitative estimate of drug-likeness (QED) is 0.593. The van der Waals surface area contributed by atoms with Gasteiger partial charge >= 0.3 is 5.97 Å². The van der Waals surface area contributed by atoms with Crippen molar-refractivity contribution in [3.8, 4) is 0 Å². The molecule has 0 bridgehead atoms. The van der Waals surface area contributed by atoms with E-state index in [0.29, 0.717) is 0 Å². The second kappa shape index (κ2) is 3.20. The zero-order valence-corrected chi connectivity index (χ0v) is 7.28. The Morgan fingerprint density at radius 2 is 2.00 bits per heavy atom. The van der Waals surface area contributed by atoms with Crippen LogP contribution in [0.5, 0.6) is 0 Å². The fourth-order valence-corrected chi connectivity index (χ4v) is 0.378. The minimum Gasteiger partial charge on any atom is -0.459 e. The molecule has 0 saturated heterocycles. The molecule has 0 amide bonds. The van der Waals surface area contributed by atoms with E-state index in [9.17, 15) is 4.79 Å². The van der Waals surface area contributed by atoms with Gasteiger partial charge in [0.1, 0.15) is 5.60 Å². The Balaban J connectivity index is 3.60. The third kappa shape index (κ3) is 5.83. The molecule has 0 aliphatic carbocycles. The zero-order chi connectivity index (χ0) is 7.49. The zero-order valence-electron chi connectivity index (χ0n) is 5.69. The predicted molar refractivity (Wildman–Crippen MR) is 38.0 cm³/mol. The van der Waals surface area contributed by atoms with Gasteiger partial charge in [0.2, 0.25) is 0 Å². The summed E-state index contributed by atoms with van der Waals surface area (Å²) in [5, 5.41) is 2.17. The number of carbonyl (C=O) groups is 1. The summed E-state index contributed by atoms with van der Waals surface area (Å²) in [4.78, 5) is 10.4. The highest BCUT2D eigenvalue weighted by atomic mass is 79.9. The third-order valence-electron chi connectivity index (χ3n) is 0.476. The van der Waals surface area contributed by atoms with E-state index < -0.39 is 11.6 Å². The third-order valence-corrected chi connectivity index (χ3v) is 0.800. The van der Waals surface area contributed by atoms with Crippen LogP contribution in [0.25, 0.3) is 0 Å². The second-order valence-electron chi connectivity index (χ2n) is 2.60. The van der Waals surface area contributed by atoms with Gasteiger partial charge in [0, 0.05) is 0 Å². The molecule has 0 fully saturated rings. The molecule has 2 radical (unpaired) electrons. The normalized spacial score (nSPS) is 11.1. The molecule has 52 valence electrons. The highest BCUT2D eigenvalue weighted by molar-refractivity contribution is 9.11. The Kier molecular flexibility index (Phi) is 3.18. The first-order valence-electron chi connectivity index (χ1n) is 2.55. The van der Waals surface area contributed by atoms with Crippen molar-refractivity contribution >= 4 is 21.9 Å². The Morgan fingerprint density at radius 3 is 2.11 bits per heavy atom. The molecule has 0 spiro atoms. The van der Waals surface area contributed by atoms with E-state index in [1.807, 2.05) is 0 Å². The fraction of sp³-hybridized carbons (Fsp3) is 0.667. The summed E-state index contributed by atoms with van der Waals surface area (Å²) in [6.45, 7) is 5.40. The summed E-state index contributed by atoms with van der Waals surface area (Å²) in [7, 11) is 0. The van der Waals surface area contributed by atoms with Gasteiger partial charge in [-0.1, -0.05) is 15.9 Å². The van der Waals surface area contributed by atoms with Crippen LogP contribution in [-0.4, -0.2) is 11.6 Å². The van der Waals surface area contributed by atoms with Crippen LogP contribution in [0.15, 0.2) is 0 Å². The van der Waals surface area contributed by atoms with Gasteiger partial charge in [0.05, 0.1) is 0 Å². The van der Waals surface area contributed by atoms with Gasteiger partial charge in [0.25, 0.3) is 0 Å². The fourth-order valence-electron chi connectivity index (χ4n) is 0.297. The lowest BCUT2D eigenvalue weighted by Crippen LogP contribution is -2.22. The van der Waals surface area contributed by atoms with Gasteiger partial charge in [-0.2, -0.15) is 0 Å². The Hall–Kier alpha value is -0.0500. The Labute approximate surface area is 63.7 Å². The number of esters is 1. The molecule has 9 heavy (non-hydrogen) atoms. The molecule has 0 N–H and O–H groups in total. The molecule has 0 aliphatic rings. The van der Waals surface area contributed by atoms with E-state index in [4.69, 9.17) is 4.74 Å².